The van der Waals surface area contributed by atoms with Crippen LogP contribution in [0.3, 0.4) is 0 Å². The van der Waals surface area contributed by atoms with Crippen LogP contribution < -0.4 is 15.3 Å². The zero-order valence-corrected chi connectivity index (χ0v) is 15.2. The largest absolute Gasteiger partial charge is 0.471 e. The van der Waals surface area contributed by atoms with Crippen molar-refractivity contribution in [2.75, 3.05) is 11.6 Å². The van der Waals surface area contributed by atoms with Gasteiger partial charge in [-0.3, -0.25) is 0 Å². The molecule has 0 atom stereocenters. The van der Waals surface area contributed by atoms with Gasteiger partial charge in [-0.15, -0.1) is 0 Å². The van der Waals surface area contributed by atoms with Crippen LogP contribution in [0.25, 0.3) is 11.0 Å². The Balaban J connectivity index is 1.89. The van der Waals surface area contributed by atoms with Crippen molar-refractivity contribution in [1.29, 1.82) is 0 Å². The summed E-state index contributed by atoms with van der Waals surface area (Å²) >= 11 is 12.4. The Morgan fingerprint density at radius 2 is 1.80 bits per heavy atom. The maximum absolute atomic E-state index is 12.1. The third-order valence-corrected chi connectivity index (χ3v) is 5.19. The molecule has 0 aliphatic carbocycles. The topological polar surface area (TPSA) is 42.7 Å². The predicted molar refractivity (Wildman–Crippen MR) is 100 cm³/mol. The van der Waals surface area contributed by atoms with Crippen LogP contribution in [0.5, 0.6) is 5.75 Å². The summed E-state index contributed by atoms with van der Waals surface area (Å²) < 4.78 is 11.5. The van der Waals surface area contributed by atoms with Crippen molar-refractivity contribution in [2.24, 2.45) is 0 Å². The Bertz CT molecular complexity index is 1040. The summed E-state index contributed by atoms with van der Waals surface area (Å²) in [6, 6.07) is 9.31. The van der Waals surface area contributed by atoms with Crippen molar-refractivity contribution >= 4 is 39.9 Å². The van der Waals surface area contributed by atoms with Crippen LogP contribution >= 0.6 is 23.2 Å². The van der Waals surface area contributed by atoms with Gasteiger partial charge >= 0.3 is 5.63 Å². The van der Waals surface area contributed by atoms with Gasteiger partial charge in [0.15, 0.2) is 6.73 Å². The number of rotatable bonds is 1. The van der Waals surface area contributed by atoms with Gasteiger partial charge in [0.2, 0.25) is 0 Å². The Hall–Kier alpha value is -2.17. The molecule has 6 heteroatoms. The molecular weight excluding hydrogens is 361 g/mol. The number of fused-ring (bicyclic) bond motifs is 3. The Labute approximate surface area is 154 Å². The summed E-state index contributed by atoms with van der Waals surface area (Å²) in [5.74, 6) is 0.575. The average Bonchev–Trinajstić information content (AvgIpc) is 2.61. The van der Waals surface area contributed by atoms with Gasteiger partial charge in [0, 0.05) is 21.7 Å². The third-order valence-electron chi connectivity index (χ3n) is 4.65. The summed E-state index contributed by atoms with van der Waals surface area (Å²) in [5.41, 5.74) is 3.41. The van der Waals surface area contributed by atoms with Crippen LogP contribution in [0.2, 0.25) is 10.0 Å². The minimum absolute atomic E-state index is 0.335. The first-order chi connectivity index (χ1) is 12.0. The van der Waals surface area contributed by atoms with Gasteiger partial charge in [-0.1, -0.05) is 23.2 Å². The van der Waals surface area contributed by atoms with Crippen LogP contribution in [-0.4, -0.2) is 6.73 Å². The van der Waals surface area contributed by atoms with E-state index in [1.807, 2.05) is 36.1 Å². The summed E-state index contributed by atoms with van der Waals surface area (Å²) in [6.45, 7) is 4.54. The molecule has 0 saturated heterocycles. The molecule has 0 unspecified atom stereocenters. The molecule has 0 bridgehead atoms. The van der Waals surface area contributed by atoms with Crippen LogP contribution in [-0.2, 0) is 6.54 Å². The molecule has 0 spiro atoms. The predicted octanol–water partition coefficient (Wildman–Crippen LogP) is 5.07. The maximum atomic E-state index is 12.1. The highest BCUT2D eigenvalue weighted by molar-refractivity contribution is 6.33. The fourth-order valence-electron chi connectivity index (χ4n) is 3.08. The van der Waals surface area contributed by atoms with Crippen molar-refractivity contribution in [3.8, 4) is 5.75 Å². The number of ether oxygens (including phenoxy) is 1. The van der Waals surface area contributed by atoms with Gasteiger partial charge in [-0.05, 0) is 49.7 Å². The SMILES string of the molecule is Cc1c(C)c2cc(Cl)c3c(c2oc1=O)CN(c1ccc(Cl)cc1)CO3. The number of aryl methyl sites for hydroxylation is 1. The van der Waals surface area contributed by atoms with E-state index in [0.717, 1.165) is 22.2 Å². The second-order valence-electron chi connectivity index (χ2n) is 6.13. The monoisotopic (exact) mass is 375 g/mol. The Kier molecular flexibility index (Phi) is 3.89. The van der Waals surface area contributed by atoms with Crippen molar-refractivity contribution < 1.29 is 9.15 Å². The molecule has 0 amide bonds. The summed E-state index contributed by atoms with van der Waals surface area (Å²) in [7, 11) is 0. The molecule has 0 saturated carbocycles. The molecule has 4 rings (SSSR count). The van der Waals surface area contributed by atoms with E-state index in [4.69, 9.17) is 32.4 Å². The Morgan fingerprint density at radius 1 is 1.08 bits per heavy atom. The summed E-state index contributed by atoms with van der Waals surface area (Å²) in [5, 5.41) is 2.03. The minimum atomic E-state index is -0.335. The van der Waals surface area contributed by atoms with E-state index in [1.54, 1.807) is 13.0 Å². The first-order valence-electron chi connectivity index (χ1n) is 7.84. The molecule has 1 aliphatic rings. The molecule has 0 radical (unpaired) electrons. The third kappa shape index (κ3) is 2.66. The molecule has 1 aliphatic heterocycles. The van der Waals surface area contributed by atoms with Gasteiger partial charge in [-0.2, -0.15) is 0 Å². The summed E-state index contributed by atoms with van der Waals surface area (Å²) in [6.07, 6.45) is 0. The molecule has 128 valence electrons. The first-order valence-corrected chi connectivity index (χ1v) is 8.60. The fraction of sp³-hybridized carbons (Fsp3) is 0.211. The zero-order valence-electron chi connectivity index (χ0n) is 13.7. The van der Waals surface area contributed by atoms with Crippen molar-refractivity contribution in [3.05, 3.63) is 67.5 Å². The van der Waals surface area contributed by atoms with E-state index < -0.39 is 0 Å². The number of nitrogens with zero attached hydrogens (tertiary/aromatic N) is 1. The van der Waals surface area contributed by atoms with Crippen molar-refractivity contribution in [3.63, 3.8) is 0 Å². The van der Waals surface area contributed by atoms with E-state index in [0.29, 0.717) is 40.2 Å². The molecule has 0 fully saturated rings. The second-order valence-corrected chi connectivity index (χ2v) is 6.97. The lowest BCUT2D eigenvalue weighted by atomic mass is 10.0. The normalized spacial score (nSPS) is 13.7. The van der Waals surface area contributed by atoms with Gasteiger partial charge in [0.05, 0.1) is 17.1 Å². The molecule has 2 heterocycles. The minimum Gasteiger partial charge on any atom is -0.471 e. The van der Waals surface area contributed by atoms with E-state index in [9.17, 15) is 4.79 Å². The van der Waals surface area contributed by atoms with Gasteiger partial charge < -0.3 is 14.1 Å². The Morgan fingerprint density at radius 3 is 2.52 bits per heavy atom. The number of halogens is 2. The molecule has 25 heavy (non-hydrogen) atoms. The molecule has 2 aromatic carbocycles. The fourth-order valence-corrected chi connectivity index (χ4v) is 3.49. The van der Waals surface area contributed by atoms with Crippen molar-refractivity contribution in [1.82, 2.24) is 0 Å². The quantitative estimate of drug-likeness (QED) is 0.556. The standard InChI is InChI=1S/C19H15Cl2NO3/c1-10-11(2)19(23)25-17-14(10)7-16(21)18-15(17)8-22(9-24-18)13-5-3-12(20)4-6-13/h3-7H,8-9H2,1-2H3. The molecular formula is C19H15Cl2NO3. The van der Waals surface area contributed by atoms with E-state index in [-0.39, 0.29) is 5.63 Å². The highest BCUT2D eigenvalue weighted by Crippen LogP contribution is 2.40. The lowest BCUT2D eigenvalue weighted by Crippen LogP contribution is -2.32. The molecule has 3 aromatic rings. The molecule has 0 N–H and O–H groups in total. The van der Waals surface area contributed by atoms with Gasteiger partial charge in [0.25, 0.3) is 0 Å². The van der Waals surface area contributed by atoms with Crippen LogP contribution in [0.15, 0.2) is 39.5 Å². The van der Waals surface area contributed by atoms with E-state index >= 15 is 0 Å². The lowest BCUT2D eigenvalue weighted by Gasteiger charge is -2.31. The van der Waals surface area contributed by atoms with Gasteiger partial charge in [0.1, 0.15) is 11.3 Å². The number of benzene rings is 2. The van der Waals surface area contributed by atoms with Crippen LogP contribution in [0.4, 0.5) is 5.69 Å². The number of anilines is 1. The van der Waals surface area contributed by atoms with Crippen molar-refractivity contribution in [2.45, 2.75) is 20.4 Å². The lowest BCUT2D eigenvalue weighted by molar-refractivity contribution is 0.289. The number of hydrogen-bond acceptors (Lipinski definition) is 4. The van der Waals surface area contributed by atoms with Gasteiger partial charge in [-0.25, -0.2) is 4.79 Å². The van der Waals surface area contributed by atoms with Crippen LogP contribution in [0.1, 0.15) is 16.7 Å². The zero-order chi connectivity index (χ0) is 17.7. The summed E-state index contributed by atoms with van der Waals surface area (Å²) in [4.78, 5) is 14.2. The smallest absolute Gasteiger partial charge is 0.339 e. The average molecular weight is 376 g/mol. The highest BCUT2D eigenvalue weighted by atomic mass is 35.5. The van der Waals surface area contributed by atoms with Crippen LogP contribution in [0, 0.1) is 13.8 Å². The molecule has 4 nitrogen and oxygen atoms in total. The van der Waals surface area contributed by atoms with E-state index in [1.165, 1.54) is 0 Å². The first kappa shape index (κ1) is 16.3. The van der Waals surface area contributed by atoms with E-state index in [2.05, 4.69) is 0 Å². The number of hydrogen-bond donors (Lipinski definition) is 0. The second kappa shape index (κ2) is 5.97. The maximum Gasteiger partial charge on any atom is 0.339 e. The molecule has 1 aromatic heterocycles. The highest BCUT2D eigenvalue weighted by Gasteiger charge is 2.25.